The Morgan fingerprint density at radius 3 is 3.07 bits per heavy atom. The average molecular weight is 200 g/mol. The molecule has 0 radical (unpaired) electrons. The van der Waals surface area contributed by atoms with Gasteiger partial charge in [-0.1, -0.05) is 0 Å². The molecule has 0 aliphatic heterocycles. The molecule has 1 N–H and O–H groups in total. The predicted molar refractivity (Wildman–Crippen MR) is 44.0 cm³/mol. The number of nitrogens with one attached hydrogen (secondary N) is 1. The van der Waals surface area contributed by atoms with Crippen LogP contribution in [0.4, 0.5) is 5.69 Å². The van der Waals surface area contributed by atoms with Crippen molar-refractivity contribution in [1.29, 1.82) is 0 Å². The Morgan fingerprint density at radius 2 is 2.57 bits per heavy atom. The molecular formula is C6H8N4O4. The molecule has 8 nitrogen and oxygen atoms in total. The summed E-state index contributed by atoms with van der Waals surface area (Å²) in [7, 11) is 1.30. The Hall–Kier alpha value is -1.96. The van der Waals surface area contributed by atoms with E-state index in [-0.39, 0.29) is 12.2 Å². The molecule has 14 heavy (non-hydrogen) atoms. The van der Waals surface area contributed by atoms with Gasteiger partial charge in [-0.3, -0.25) is 24.4 Å². The number of hydrogen-bond acceptors (Lipinski definition) is 5. The summed E-state index contributed by atoms with van der Waals surface area (Å²) < 4.78 is 1.15. The number of nitrogens with zero attached hydrogens (tertiary/aromatic N) is 3. The van der Waals surface area contributed by atoms with Crippen molar-refractivity contribution in [2.75, 3.05) is 7.11 Å². The quantitative estimate of drug-likeness (QED) is 0.520. The van der Waals surface area contributed by atoms with Gasteiger partial charge < -0.3 is 0 Å². The summed E-state index contributed by atoms with van der Waals surface area (Å²) in [4.78, 5) is 24.9. The molecule has 0 unspecified atom stereocenters. The zero-order valence-corrected chi connectivity index (χ0v) is 7.34. The maximum atomic E-state index is 10.9. The highest BCUT2D eigenvalue weighted by Crippen LogP contribution is 2.06. The Labute approximate surface area is 78.6 Å². The van der Waals surface area contributed by atoms with E-state index in [0.717, 1.165) is 17.1 Å². The number of aromatic nitrogens is 2. The third kappa shape index (κ3) is 2.52. The minimum Gasteiger partial charge on any atom is -0.277 e. The molecule has 1 aromatic heterocycles. The second-order valence-corrected chi connectivity index (χ2v) is 2.38. The van der Waals surface area contributed by atoms with E-state index in [4.69, 9.17) is 0 Å². The molecule has 0 spiro atoms. The fourth-order valence-electron chi connectivity index (χ4n) is 0.827. The van der Waals surface area contributed by atoms with E-state index in [1.165, 1.54) is 7.11 Å². The van der Waals surface area contributed by atoms with Gasteiger partial charge in [0.15, 0.2) is 0 Å². The summed E-state index contributed by atoms with van der Waals surface area (Å²) in [5, 5.41) is 13.9. The van der Waals surface area contributed by atoms with Crippen LogP contribution in [0.5, 0.6) is 0 Å². The van der Waals surface area contributed by atoms with Crippen LogP contribution in [-0.4, -0.2) is 27.7 Å². The number of carbonyl (C=O) groups is 1. The second kappa shape index (κ2) is 4.33. The van der Waals surface area contributed by atoms with E-state index in [2.05, 4.69) is 15.4 Å². The number of hydroxylamine groups is 1. The van der Waals surface area contributed by atoms with Gasteiger partial charge in [0, 0.05) is 0 Å². The maximum absolute atomic E-state index is 10.9. The van der Waals surface area contributed by atoms with Gasteiger partial charge in [-0.25, -0.2) is 5.48 Å². The fraction of sp³-hybridized carbons (Fsp3) is 0.333. The van der Waals surface area contributed by atoms with Crippen molar-refractivity contribution < 1.29 is 14.6 Å². The van der Waals surface area contributed by atoms with Crippen molar-refractivity contribution in [3.05, 3.63) is 22.5 Å². The normalized spacial score (nSPS) is 9.79. The zero-order valence-electron chi connectivity index (χ0n) is 7.34. The highest BCUT2D eigenvalue weighted by molar-refractivity contribution is 5.74. The van der Waals surface area contributed by atoms with Gasteiger partial charge >= 0.3 is 5.69 Å². The standard InChI is InChI=1S/C6H8N4O4/c1-14-8-6(11)4-9-3-5(2-7-9)10(12)13/h2-3H,4H2,1H3,(H,8,11). The second-order valence-electron chi connectivity index (χ2n) is 2.38. The van der Waals surface area contributed by atoms with Crippen LogP contribution in [0.2, 0.25) is 0 Å². The van der Waals surface area contributed by atoms with E-state index in [1.54, 1.807) is 0 Å². The highest BCUT2D eigenvalue weighted by atomic mass is 16.6. The fourth-order valence-corrected chi connectivity index (χ4v) is 0.827. The van der Waals surface area contributed by atoms with Gasteiger partial charge in [-0.05, 0) is 0 Å². The van der Waals surface area contributed by atoms with E-state index in [1.807, 2.05) is 0 Å². The van der Waals surface area contributed by atoms with Crippen molar-refractivity contribution in [2.45, 2.75) is 6.54 Å². The molecule has 0 fully saturated rings. The van der Waals surface area contributed by atoms with Gasteiger partial charge in [0.2, 0.25) is 0 Å². The van der Waals surface area contributed by atoms with Crippen molar-refractivity contribution >= 4 is 11.6 Å². The molecule has 1 amide bonds. The number of hydrogen-bond donors (Lipinski definition) is 1. The van der Waals surface area contributed by atoms with Crippen LogP contribution in [0.1, 0.15) is 0 Å². The summed E-state index contributed by atoms with van der Waals surface area (Å²) in [5.41, 5.74) is 1.91. The first-order chi connectivity index (χ1) is 6.63. The molecule has 0 atom stereocenters. The Balaban J connectivity index is 2.59. The van der Waals surface area contributed by atoms with Crippen LogP contribution in [0.3, 0.4) is 0 Å². The van der Waals surface area contributed by atoms with Gasteiger partial charge in [-0.2, -0.15) is 5.10 Å². The zero-order chi connectivity index (χ0) is 10.6. The first-order valence-corrected chi connectivity index (χ1v) is 3.62. The summed E-state index contributed by atoms with van der Waals surface area (Å²) in [6.07, 6.45) is 2.23. The molecule has 0 aromatic carbocycles. The van der Waals surface area contributed by atoms with Crippen LogP contribution < -0.4 is 5.48 Å². The topological polar surface area (TPSA) is 99.3 Å². The third-order valence-electron chi connectivity index (χ3n) is 1.35. The number of rotatable bonds is 4. The van der Waals surface area contributed by atoms with Gasteiger partial charge in [0.1, 0.15) is 18.9 Å². The molecule has 1 aromatic rings. The summed E-state index contributed by atoms with van der Waals surface area (Å²) in [6, 6.07) is 0. The van der Waals surface area contributed by atoms with E-state index >= 15 is 0 Å². The van der Waals surface area contributed by atoms with Crippen molar-refractivity contribution in [3.63, 3.8) is 0 Å². The largest absolute Gasteiger partial charge is 0.307 e. The Bertz CT molecular complexity index is 347. The van der Waals surface area contributed by atoms with E-state index in [0.29, 0.717) is 0 Å². The average Bonchev–Trinajstić information content (AvgIpc) is 2.53. The lowest BCUT2D eigenvalue weighted by Crippen LogP contribution is -2.26. The predicted octanol–water partition coefficient (Wildman–Crippen LogP) is -0.531. The first-order valence-electron chi connectivity index (χ1n) is 3.62. The number of nitro groups is 1. The van der Waals surface area contributed by atoms with E-state index < -0.39 is 10.8 Å². The van der Waals surface area contributed by atoms with E-state index in [9.17, 15) is 14.9 Å². The SMILES string of the molecule is CONC(=O)Cn1cc([N+](=O)[O-])cn1. The molecule has 8 heteroatoms. The minimum atomic E-state index is -0.586. The molecule has 76 valence electrons. The van der Waals surface area contributed by atoms with Gasteiger partial charge in [-0.15, -0.1) is 0 Å². The highest BCUT2D eigenvalue weighted by Gasteiger charge is 2.10. The minimum absolute atomic E-state index is 0.123. The molecular weight excluding hydrogens is 192 g/mol. The molecule has 0 aliphatic rings. The monoisotopic (exact) mass is 200 g/mol. The Kier molecular flexibility index (Phi) is 3.13. The van der Waals surface area contributed by atoms with Crippen LogP contribution in [0.25, 0.3) is 0 Å². The third-order valence-corrected chi connectivity index (χ3v) is 1.35. The van der Waals surface area contributed by atoms with Crippen LogP contribution in [0.15, 0.2) is 12.4 Å². The van der Waals surface area contributed by atoms with Crippen molar-refractivity contribution in [1.82, 2.24) is 15.3 Å². The molecule has 0 saturated heterocycles. The van der Waals surface area contributed by atoms with Crippen LogP contribution in [0, 0.1) is 10.1 Å². The smallest absolute Gasteiger partial charge is 0.277 e. The molecule has 1 heterocycles. The van der Waals surface area contributed by atoms with Gasteiger partial charge in [0.25, 0.3) is 5.91 Å². The van der Waals surface area contributed by atoms with Crippen LogP contribution >= 0.6 is 0 Å². The maximum Gasteiger partial charge on any atom is 0.307 e. The molecule has 0 saturated carbocycles. The lowest BCUT2D eigenvalue weighted by Gasteiger charge is -2.00. The summed E-state index contributed by atoms with van der Waals surface area (Å²) in [6.45, 7) is -0.123. The molecule has 0 bridgehead atoms. The lowest BCUT2D eigenvalue weighted by atomic mass is 10.6. The molecule has 1 rings (SSSR count). The first kappa shape index (κ1) is 10.1. The number of amides is 1. The van der Waals surface area contributed by atoms with Crippen LogP contribution in [-0.2, 0) is 16.2 Å². The lowest BCUT2D eigenvalue weighted by molar-refractivity contribution is -0.385. The summed E-state index contributed by atoms with van der Waals surface area (Å²) in [5.74, 6) is -0.439. The molecule has 0 aliphatic carbocycles. The number of carbonyl (C=O) groups excluding carboxylic acids is 1. The van der Waals surface area contributed by atoms with Gasteiger partial charge in [0.05, 0.1) is 12.0 Å². The summed E-state index contributed by atoms with van der Waals surface area (Å²) >= 11 is 0. The van der Waals surface area contributed by atoms with Crippen molar-refractivity contribution in [2.24, 2.45) is 0 Å². The Morgan fingerprint density at radius 1 is 1.86 bits per heavy atom. The van der Waals surface area contributed by atoms with Crippen molar-refractivity contribution in [3.8, 4) is 0 Å².